The second kappa shape index (κ2) is 7.02. The zero-order chi connectivity index (χ0) is 13.0. The largest absolute Gasteiger partial charge is 0.492 e. The molecule has 0 radical (unpaired) electrons. The monoisotopic (exact) mass is 350 g/mol. The molecule has 0 bridgehead atoms. The van der Waals surface area contributed by atoms with Gasteiger partial charge in [-0.1, -0.05) is 64.8 Å². The molecule has 0 unspecified atom stereocenters. The maximum absolute atomic E-state index is 6.18. The molecule has 1 aromatic carbocycles. The molecule has 18 heavy (non-hydrogen) atoms. The van der Waals surface area contributed by atoms with Gasteiger partial charge in [0.05, 0.1) is 11.6 Å². The number of halogens is 3. The molecule has 0 aromatic heterocycles. The summed E-state index contributed by atoms with van der Waals surface area (Å²) in [6.07, 6.45) is 6.57. The van der Waals surface area contributed by atoms with E-state index in [1.165, 1.54) is 25.7 Å². The molecule has 1 aromatic rings. The van der Waals surface area contributed by atoms with E-state index in [2.05, 4.69) is 15.9 Å². The summed E-state index contributed by atoms with van der Waals surface area (Å²) in [6.45, 7) is 0.742. The Bertz CT molecular complexity index is 403. The van der Waals surface area contributed by atoms with Crippen LogP contribution in [0.4, 0.5) is 0 Å². The third-order valence-corrected chi connectivity index (χ3v) is 4.58. The molecule has 0 saturated heterocycles. The van der Waals surface area contributed by atoms with Crippen LogP contribution in [0.1, 0.15) is 37.7 Å². The van der Waals surface area contributed by atoms with Gasteiger partial charge in [-0.2, -0.15) is 0 Å². The van der Waals surface area contributed by atoms with E-state index in [1.807, 2.05) is 6.07 Å². The average Bonchev–Trinajstić information content (AvgIpc) is 2.84. The molecule has 1 aliphatic rings. The average molecular weight is 352 g/mol. The van der Waals surface area contributed by atoms with Crippen molar-refractivity contribution >= 4 is 39.1 Å². The van der Waals surface area contributed by atoms with Crippen molar-refractivity contribution in [1.29, 1.82) is 0 Å². The fourth-order valence-electron chi connectivity index (χ4n) is 2.50. The van der Waals surface area contributed by atoms with E-state index in [9.17, 15) is 0 Å². The van der Waals surface area contributed by atoms with Gasteiger partial charge in [0.1, 0.15) is 5.75 Å². The summed E-state index contributed by atoms with van der Waals surface area (Å²) in [7, 11) is 0. The van der Waals surface area contributed by atoms with Crippen molar-refractivity contribution in [3.8, 4) is 5.75 Å². The zero-order valence-electron chi connectivity index (χ0n) is 10.2. The Hall–Kier alpha value is 0.0800. The van der Waals surface area contributed by atoms with Crippen LogP contribution >= 0.6 is 39.1 Å². The Morgan fingerprint density at radius 1 is 1.22 bits per heavy atom. The summed E-state index contributed by atoms with van der Waals surface area (Å²) in [6, 6.07) is 3.63. The van der Waals surface area contributed by atoms with Crippen molar-refractivity contribution in [3.05, 3.63) is 27.7 Å². The van der Waals surface area contributed by atoms with Gasteiger partial charge in [0.25, 0.3) is 0 Å². The molecule has 0 N–H and O–H groups in total. The summed E-state index contributed by atoms with van der Waals surface area (Å²) >= 11 is 15.6. The Labute approximate surface area is 127 Å². The third-order valence-electron chi connectivity index (χ3n) is 3.48. The van der Waals surface area contributed by atoms with Gasteiger partial charge >= 0.3 is 0 Å². The minimum Gasteiger partial charge on any atom is -0.492 e. The first kappa shape index (κ1) is 14.5. The van der Waals surface area contributed by atoms with Crippen molar-refractivity contribution < 1.29 is 4.74 Å². The maximum Gasteiger partial charge on any atom is 0.142 e. The maximum atomic E-state index is 6.18. The minimum absolute atomic E-state index is 0.600. The van der Waals surface area contributed by atoms with Crippen LogP contribution < -0.4 is 4.74 Å². The lowest BCUT2D eigenvalue weighted by atomic mass is 10.1. The number of hydrogen-bond acceptors (Lipinski definition) is 1. The number of ether oxygens (including phenoxy) is 1. The standard InChI is InChI=1S/C14H17BrCl2O/c15-9-11-7-12(16)8-13(17)14(11)18-6-5-10-3-1-2-4-10/h7-8,10H,1-6,9H2. The number of rotatable bonds is 5. The highest BCUT2D eigenvalue weighted by molar-refractivity contribution is 9.08. The summed E-state index contributed by atoms with van der Waals surface area (Å²) in [5.41, 5.74) is 1.01. The highest BCUT2D eigenvalue weighted by atomic mass is 79.9. The summed E-state index contributed by atoms with van der Waals surface area (Å²) in [5.74, 6) is 1.61. The van der Waals surface area contributed by atoms with Crippen molar-refractivity contribution in [3.63, 3.8) is 0 Å². The minimum atomic E-state index is 0.600. The molecular formula is C14H17BrCl2O. The summed E-state index contributed by atoms with van der Waals surface area (Å²) in [5, 5.41) is 1.95. The van der Waals surface area contributed by atoms with Gasteiger partial charge in [-0.05, 0) is 24.5 Å². The first-order valence-electron chi connectivity index (χ1n) is 6.37. The van der Waals surface area contributed by atoms with Gasteiger partial charge in [-0.25, -0.2) is 0 Å². The first-order chi connectivity index (χ1) is 8.70. The van der Waals surface area contributed by atoms with E-state index in [0.717, 1.165) is 30.3 Å². The molecule has 0 aliphatic heterocycles. The highest BCUT2D eigenvalue weighted by Crippen LogP contribution is 2.34. The van der Waals surface area contributed by atoms with E-state index in [1.54, 1.807) is 6.07 Å². The molecule has 1 aliphatic carbocycles. The lowest BCUT2D eigenvalue weighted by Crippen LogP contribution is -2.05. The molecule has 1 nitrogen and oxygen atoms in total. The fourth-order valence-corrected chi connectivity index (χ4v) is 3.51. The van der Waals surface area contributed by atoms with Crippen molar-refractivity contribution in [2.24, 2.45) is 5.92 Å². The van der Waals surface area contributed by atoms with Crippen molar-refractivity contribution in [2.75, 3.05) is 6.61 Å². The van der Waals surface area contributed by atoms with E-state index in [4.69, 9.17) is 27.9 Å². The molecule has 0 spiro atoms. The van der Waals surface area contributed by atoms with Crippen molar-refractivity contribution in [2.45, 2.75) is 37.4 Å². The third kappa shape index (κ3) is 3.79. The van der Waals surface area contributed by atoms with Crippen LogP contribution in [0.5, 0.6) is 5.75 Å². The zero-order valence-corrected chi connectivity index (χ0v) is 13.3. The van der Waals surface area contributed by atoms with Gasteiger partial charge in [-0.3, -0.25) is 0 Å². The van der Waals surface area contributed by atoms with Crippen LogP contribution in [0.25, 0.3) is 0 Å². The summed E-state index contributed by atoms with van der Waals surface area (Å²) in [4.78, 5) is 0. The molecule has 0 atom stereocenters. The van der Waals surface area contributed by atoms with Crippen LogP contribution in [0, 0.1) is 5.92 Å². The van der Waals surface area contributed by atoms with Gasteiger partial charge in [-0.15, -0.1) is 0 Å². The first-order valence-corrected chi connectivity index (χ1v) is 8.25. The quantitative estimate of drug-likeness (QED) is 0.605. The fraction of sp³-hybridized carbons (Fsp3) is 0.571. The number of benzene rings is 1. The van der Waals surface area contributed by atoms with Gasteiger partial charge < -0.3 is 4.74 Å². The van der Waals surface area contributed by atoms with Crippen molar-refractivity contribution in [1.82, 2.24) is 0 Å². The van der Waals surface area contributed by atoms with Crippen LogP contribution in [0.2, 0.25) is 10.0 Å². The summed E-state index contributed by atoms with van der Waals surface area (Å²) < 4.78 is 5.86. The van der Waals surface area contributed by atoms with Gasteiger partial charge in [0, 0.05) is 15.9 Å². The Kier molecular flexibility index (Phi) is 5.65. The topological polar surface area (TPSA) is 9.23 Å². The lowest BCUT2D eigenvalue weighted by molar-refractivity contribution is 0.277. The predicted molar refractivity (Wildman–Crippen MR) is 81.2 cm³/mol. The van der Waals surface area contributed by atoms with E-state index in [-0.39, 0.29) is 0 Å². The lowest BCUT2D eigenvalue weighted by Gasteiger charge is -2.14. The van der Waals surface area contributed by atoms with E-state index < -0.39 is 0 Å². The normalized spacial score (nSPS) is 16.2. The Morgan fingerprint density at radius 3 is 2.61 bits per heavy atom. The van der Waals surface area contributed by atoms with Crippen LogP contribution in [0.15, 0.2) is 12.1 Å². The molecule has 0 heterocycles. The second-order valence-electron chi connectivity index (χ2n) is 4.80. The number of alkyl halides is 1. The smallest absolute Gasteiger partial charge is 0.142 e. The molecule has 0 amide bonds. The Balaban J connectivity index is 1.95. The number of hydrogen-bond donors (Lipinski definition) is 0. The molecule has 1 fully saturated rings. The predicted octanol–water partition coefficient (Wildman–Crippen LogP) is 5.85. The van der Waals surface area contributed by atoms with Gasteiger partial charge in [0.15, 0.2) is 0 Å². The van der Waals surface area contributed by atoms with E-state index in [0.29, 0.717) is 15.4 Å². The molecule has 2 rings (SSSR count). The second-order valence-corrected chi connectivity index (χ2v) is 6.20. The molecular weight excluding hydrogens is 335 g/mol. The van der Waals surface area contributed by atoms with Crippen LogP contribution in [-0.2, 0) is 5.33 Å². The van der Waals surface area contributed by atoms with Gasteiger partial charge in [0.2, 0.25) is 0 Å². The van der Waals surface area contributed by atoms with Crippen LogP contribution in [0.3, 0.4) is 0 Å². The molecule has 100 valence electrons. The van der Waals surface area contributed by atoms with E-state index >= 15 is 0 Å². The van der Waals surface area contributed by atoms with Crippen LogP contribution in [-0.4, -0.2) is 6.61 Å². The molecule has 4 heteroatoms. The Morgan fingerprint density at radius 2 is 1.94 bits per heavy atom. The SMILES string of the molecule is Clc1cc(Cl)c(OCCC2CCCC2)c(CBr)c1. The molecule has 1 saturated carbocycles. The highest BCUT2D eigenvalue weighted by Gasteiger charge is 2.16.